The second-order valence-corrected chi connectivity index (χ2v) is 5.17. The van der Waals surface area contributed by atoms with Crippen molar-refractivity contribution in [1.82, 2.24) is 0 Å². The van der Waals surface area contributed by atoms with Crippen LogP contribution in [0, 0.1) is 0 Å². The lowest BCUT2D eigenvalue weighted by molar-refractivity contribution is 0.0693. The fourth-order valence-electron chi connectivity index (χ4n) is 2.48. The molecule has 2 rings (SSSR count). The summed E-state index contributed by atoms with van der Waals surface area (Å²) in [5, 5.41) is 18.9. The molecule has 1 unspecified atom stereocenters. The topological polar surface area (TPSA) is 66.8 Å². The molecular weight excluding hydrogens is 268 g/mol. The van der Waals surface area contributed by atoms with Crippen LogP contribution in [-0.4, -0.2) is 29.9 Å². The molecule has 0 aliphatic rings. The molecule has 0 aromatic heterocycles. The Morgan fingerprint density at radius 2 is 1.81 bits per heavy atom. The first-order valence-corrected chi connectivity index (χ1v) is 6.60. The Morgan fingerprint density at radius 3 is 2.33 bits per heavy atom. The van der Waals surface area contributed by atoms with Gasteiger partial charge in [0.1, 0.15) is 11.3 Å². The number of aromatic carboxylic acids is 1. The van der Waals surface area contributed by atoms with Crippen LogP contribution < -0.4 is 0 Å². The Labute approximate surface area is 123 Å². The molecule has 2 aromatic rings. The Bertz CT molecular complexity index is 636. The van der Waals surface area contributed by atoms with Gasteiger partial charge < -0.3 is 14.9 Å². The van der Waals surface area contributed by atoms with Gasteiger partial charge in [0, 0.05) is 12.5 Å². The van der Waals surface area contributed by atoms with Crippen LogP contribution in [0.25, 0.3) is 0 Å². The van der Waals surface area contributed by atoms with Gasteiger partial charge in [0.2, 0.25) is 0 Å². The van der Waals surface area contributed by atoms with Crippen LogP contribution in [0.15, 0.2) is 48.5 Å². The second kappa shape index (κ2) is 5.97. The smallest absolute Gasteiger partial charge is 0.339 e. The molecule has 0 amide bonds. The standard InChI is InChI=1S/C17H18O4/c1-17(11-21-2,12-6-4-3-5-7-12)13-8-9-14(16(19)20)15(18)10-13/h3-10,18H,11H2,1-2H3,(H,19,20). The van der Waals surface area contributed by atoms with Crippen molar-refractivity contribution in [1.29, 1.82) is 0 Å². The largest absolute Gasteiger partial charge is 0.507 e. The van der Waals surface area contributed by atoms with Crippen molar-refractivity contribution in [3.05, 3.63) is 65.2 Å². The highest BCUT2D eigenvalue weighted by atomic mass is 16.5. The van der Waals surface area contributed by atoms with Gasteiger partial charge in [0.05, 0.1) is 6.61 Å². The molecule has 2 aromatic carbocycles. The van der Waals surface area contributed by atoms with Crippen LogP contribution in [0.4, 0.5) is 0 Å². The summed E-state index contributed by atoms with van der Waals surface area (Å²) in [6, 6.07) is 14.4. The molecule has 0 saturated heterocycles. The van der Waals surface area contributed by atoms with E-state index in [2.05, 4.69) is 0 Å². The summed E-state index contributed by atoms with van der Waals surface area (Å²) >= 11 is 0. The Hall–Kier alpha value is -2.33. The number of ether oxygens (including phenoxy) is 1. The van der Waals surface area contributed by atoms with Gasteiger partial charge in [-0.25, -0.2) is 4.79 Å². The highest BCUT2D eigenvalue weighted by Gasteiger charge is 2.30. The first-order chi connectivity index (χ1) is 9.99. The fraction of sp³-hybridized carbons (Fsp3) is 0.235. The zero-order valence-corrected chi connectivity index (χ0v) is 12.0. The minimum atomic E-state index is -1.15. The van der Waals surface area contributed by atoms with E-state index in [1.807, 2.05) is 37.3 Å². The van der Waals surface area contributed by atoms with E-state index in [9.17, 15) is 9.90 Å². The van der Waals surface area contributed by atoms with Gasteiger partial charge in [0.15, 0.2) is 0 Å². The molecule has 4 nitrogen and oxygen atoms in total. The van der Waals surface area contributed by atoms with Crippen molar-refractivity contribution >= 4 is 5.97 Å². The summed E-state index contributed by atoms with van der Waals surface area (Å²) in [6.45, 7) is 2.42. The van der Waals surface area contributed by atoms with Crippen molar-refractivity contribution in [2.24, 2.45) is 0 Å². The summed E-state index contributed by atoms with van der Waals surface area (Å²) in [6.07, 6.45) is 0. The van der Waals surface area contributed by atoms with E-state index in [0.29, 0.717) is 6.61 Å². The maximum absolute atomic E-state index is 11.0. The van der Waals surface area contributed by atoms with E-state index in [-0.39, 0.29) is 11.3 Å². The quantitative estimate of drug-likeness (QED) is 0.886. The molecule has 0 bridgehead atoms. The molecule has 110 valence electrons. The molecule has 2 N–H and O–H groups in total. The van der Waals surface area contributed by atoms with Crippen molar-refractivity contribution in [3.63, 3.8) is 0 Å². The highest BCUT2D eigenvalue weighted by molar-refractivity contribution is 5.90. The molecule has 21 heavy (non-hydrogen) atoms. The summed E-state index contributed by atoms with van der Waals surface area (Å²) < 4.78 is 5.34. The number of methoxy groups -OCH3 is 1. The lowest BCUT2D eigenvalue weighted by Gasteiger charge is -2.30. The Kier molecular flexibility index (Phi) is 4.29. The van der Waals surface area contributed by atoms with Crippen molar-refractivity contribution in [2.75, 3.05) is 13.7 Å². The summed E-state index contributed by atoms with van der Waals surface area (Å²) in [4.78, 5) is 11.0. The van der Waals surface area contributed by atoms with Crippen LogP contribution >= 0.6 is 0 Å². The number of carbonyl (C=O) groups is 1. The van der Waals surface area contributed by atoms with Crippen molar-refractivity contribution in [2.45, 2.75) is 12.3 Å². The van der Waals surface area contributed by atoms with Crippen molar-refractivity contribution < 1.29 is 19.7 Å². The Morgan fingerprint density at radius 1 is 1.14 bits per heavy atom. The van der Waals surface area contributed by atoms with Crippen molar-refractivity contribution in [3.8, 4) is 5.75 Å². The molecule has 0 aliphatic carbocycles. The number of carboxylic acid groups (broad SMARTS) is 1. The number of rotatable bonds is 5. The van der Waals surface area contributed by atoms with Gasteiger partial charge in [-0.1, -0.05) is 36.4 Å². The zero-order valence-electron chi connectivity index (χ0n) is 12.0. The third kappa shape index (κ3) is 2.90. The number of phenols is 1. The predicted octanol–water partition coefficient (Wildman–Crippen LogP) is 3.04. The first-order valence-electron chi connectivity index (χ1n) is 6.60. The van der Waals surface area contributed by atoms with E-state index in [1.54, 1.807) is 13.2 Å². The van der Waals surface area contributed by atoms with Crippen LogP contribution in [0.3, 0.4) is 0 Å². The Balaban J connectivity index is 2.53. The van der Waals surface area contributed by atoms with Gasteiger partial charge >= 0.3 is 5.97 Å². The maximum Gasteiger partial charge on any atom is 0.339 e. The molecule has 0 spiro atoms. The number of hydrogen-bond acceptors (Lipinski definition) is 3. The fourth-order valence-corrected chi connectivity index (χ4v) is 2.48. The zero-order chi connectivity index (χ0) is 15.5. The van der Waals surface area contributed by atoms with Crippen LogP contribution in [-0.2, 0) is 10.2 Å². The first kappa shape index (κ1) is 15.1. The number of aromatic hydroxyl groups is 1. The average Bonchev–Trinajstić information content (AvgIpc) is 2.47. The van der Waals surface area contributed by atoms with Gasteiger partial charge in [-0.3, -0.25) is 0 Å². The average molecular weight is 286 g/mol. The lowest BCUT2D eigenvalue weighted by atomic mass is 9.76. The van der Waals surface area contributed by atoms with Crippen LogP contribution in [0.1, 0.15) is 28.4 Å². The summed E-state index contributed by atoms with van der Waals surface area (Å²) in [7, 11) is 1.62. The number of benzene rings is 2. The van der Waals surface area contributed by atoms with Crippen LogP contribution in [0.5, 0.6) is 5.75 Å². The molecule has 0 fully saturated rings. The van der Waals surface area contributed by atoms with E-state index < -0.39 is 11.4 Å². The van der Waals surface area contributed by atoms with E-state index in [0.717, 1.165) is 11.1 Å². The SMILES string of the molecule is COCC(C)(c1ccccc1)c1ccc(C(=O)O)c(O)c1. The minimum Gasteiger partial charge on any atom is -0.507 e. The van der Waals surface area contributed by atoms with E-state index in [4.69, 9.17) is 9.84 Å². The maximum atomic E-state index is 11.0. The number of hydrogen-bond donors (Lipinski definition) is 2. The van der Waals surface area contributed by atoms with Gasteiger partial charge in [-0.05, 0) is 30.2 Å². The highest BCUT2D eigenvalue weighted by Crippen LogP contribution is 2.34. The van der Waals surface area contributed by atoms with E-state index >= 15 is 0 Å². The van der Waals surface area contributed by atoms with Gasteiger partial charge in [-0.2, -0.15) is 0 Å². The second-order valence-electron chi connectivity index (χ2n) is 5.17. The van der Waals surface area contributed by atoms with Crippen LogP contribution in [0.2, 0.25) is 0 Å². The lowest BCUT2D eigenvalue weighted by Crippen LogP contribution is -2.29. The third-order valence-electron chi connectivity index (χ3n) is 3.71. The third-order valence-corrected chi connectivity index (χ3v) is 3.71. The summed E-state index contributed by atoms with van der Waals surface area (Å²) in [5.41, 5.74) is 1.27. The molecule has 1 atom stereocenters. The normalized spacial score (nSPS) is 13.6. The minimum absolute atomic E-state index is 0.105. The molecule has 0 saturated carbocycles. The molecule has 0 radical (unpaired) electrons. The predicted molar refractivity (Wildman–Crippen MR) is 79.8 cm³/mol. The molecule has 4 heteroatoms. The molecular formula is C17H18O4. The van der Waals surface area contributed by atoms with Gasteiger partial charge in [-0.15, -0.1) is 0 Å². The summed E-state index contributed by atoms with van der Waals surface area (Å²) in [5.74, 6) is -1.38. The number of carboxylic acids is 1. The monoisotopic (exact) mass is 286 g/mol. The van der Waals surface area contributed by atoms with E-state index in [1.165, 1.54) is 12.1 Å². The molecule has 0 aliphatic heterocycles. The molecule has 0 heterocycles. The van der Waals surface area contributed by atoms with Gasteiger partial charge in [0.25, 0.3) is 0 Å².